The van der Waals surface area contributed by atoms with E-state index in [2.05, 4.69) is 95.6 Å². The lowest BCUT2D eigenvalue weighted by Crippen LogP contribution is -2.38. The van der Waals surface area contributed by atoms with Crippen LogP contribution in [0.4, 0.5) is 0 Å². The molecule has 2 N–H and O–H groups in total. The first kappa shape index (κ1) is 82.4. The molecule has 0 saturated carbocycles. The van der Waals surface area contributed by atoms with E-state index >= 15 is 0 Å². The molecule has 6 saturated heterocycles. The van der Waals surface area contributed by atoms with Gasteiger partial charge in [0.15, 0.2) is 19.7 Å². The fourth-order valence-corrected chi connectivity index (χ4v) is 18.7. The van der Waals surface area contributed by atoms with Crippen molar-refractivity contribution in [1.82, 2.24) is 0 Å². The van der Waals surface area contributed by atoms with Crippen molar-refractivity contribution in [2.24, 2.45) is 58.7 Å². The van der Waals surface area contributed by atoms with Gasteiger partial charge < -0.3 is 43.4 Å². The van der Waals surface area contributed by atoms with Crippen LogP contribution in [0, 0.1) is 58.7 Å². The van der Waals surface area contributed by atoms with Crippen molar-refractivity contribution in [2.45, 2.75) is 301 Å². The van der Waals surface area contributed by atoms with Crippen molar-refractivity contribution in [3.8, 4) is 0 Å². The third kappa shape index (κ3) is 25.4. The highest BCUT2D eigenvalue weighted by Gasteiger charge is 2.48. The van der Waals surface area contributed by atoms with Gasteiger partial charge in [-0.1, -0.05) is 143 Å². The Labute approximate surface area is 588 Å². The van der Waals surface area contributed by atoms with Crippen LogP contribution in [0.15, 0.2) is 119 Å². The van der Waals surface area contributed by atoms with Gasteiger partial charge in [-0.05, 0) is 219 Å². The summed E-state index contributed by atoms with van der Waals surface area (Å²) in [5, 5.41) is 20.2. The molecule has 550 valence electrons. The number of carbonyl (C=O) groups is 1. The molecule has 6 heterocycles. The smallest absolute Gasteiger partial charge is 0.311 e. The normalized spacial score (nSPS) is 30.8. The van der Waals surface area contributed by atoms with E-state index in [0.29, 0.717) is 72.4 Å². The molecule has 2 aromatic rings. The molecule has 0 aromatic heterocycles. The number of esters is 1. The number of allylic oxidation sites excluding steroid dienone is 1. The van der Waals surface area contributed by atoms with Gasteiger partial charge in [-0.25, -0.2) is 16.8 Å². The summed E-state index contributed by atoms with van der Waals surface area (Å²) in [5.74, 6) is 1.59. The summed E-state index contributed by atoms with van der Waals surface area (Å²) in [5.41, 5.74) is 3.87. The Hall–Kier alpha value is -3.55. The van der Waals surface area contributed by atoms with Gasteiger partial charge in [0, 0.05) is 31.5 Å². The maximum atomic E-state index is 13.5. The second-order valence-electron chi connectivity index (χ2n) is 31.4. The molecule has 6 aliphatic heterocycles. The zero-order chi connectivity index (χ0) is 71.4. The van der Waals surface area contributed by atoms with Gasteiger partial charge in [-0.15, -0.1) is 0 Å². The fourth-order valence-electron chi connectivity index (χ4n) is 15.1. The molecule has 0 aliphatic carbocycles. The molecule has 6 fully saturated rings. The van der Waals surface area contributed by atoms with Gasteiger partial charge in [-0.3, -0.25) is 4.79 Å². The lowest BCUT2D eigenvalue weighted by Gasteiger charge is -2.38. The summed E-state index contributed by atoms with van der Waals surface area (Å²) in [4.78, 5) is 12.7. The van der Waals surface area contributed by atoms with E-state index < -0.39 is 31.2 Å². The van der Waals surface area contributed by atoms with Crippen LogP contribution in [0.1, 0.15) is 218 Å². The van der Waals surface area contributed by atoms with Crippen LogP contribution in [0.2, 0.25) is 0 Å². The van der Waals surface area contributed by atoms with E-state index in [1.54, 1.807) is 48.5 Å². The highest BCUT2D eigenvalue weighted by atomic mass is 32.2. The molecule has 8 rings (SSSR count). The van der Waals surface area contributed by atoms with Gasteiger partial charge >= 0.3 is 5.97 Å². The highest BCUT2D eigenvalue weighted by Crippen LogP contribution is 2.45. The predicted molar refractivity (Wildman–Crippen MR) is 391 cm³/mol. The number of hydrogen-bond donors (Lipinski definition) is 2. The van der Waals surface area contributed by atoms with E-state index in [1.807, 2.05) is 32.9 Å². The quantitative estimate of drug-likeness (QED) is 0.0390. The van der Waals surface area contributed by atoms with Crippen molar-refractivity contribution in [2.75, 3.05) is 31.3 Å². The Morgan fingerprint density at radius 3 is 1.63 bits per heavy atom. The third-order valence-electron chi connectivity index (χ3n) is 22.3. The molecule has 0 amide bonds. The Morgan fingerprint density at radius 2 is 1.14 bits per heavy atom. The Kier molecular flexibility index (Phi) is 33.3. The first-order chi connectivity index (χ1) is 45.8. The fraction of sp³-hybridized carbons (Fsp3) is 0.741. The summed E-state index contributed by atoms with van der Waals surface area (Å²) < 4.78 is 97.2. The van der Waals surface area contributed by atoms with Gasteiger partial charge in [0.1, 0.15) is 0 Å². The van der Waals surface area contributed by atoms with Crippen LogP contribution in [0.3, 0.4) is 0 Å². The first-order valence-corrected chi connectivity index (χ1v) is 40.8. The maximum absolute atomic E-state index is 13.5. The molecule has 6 aliphatic rings. The number of benzene rings is 2. The molecule has 0 radical (unpaired) electrons. The summed E-state index contributed by atoms with van der Waals surface area (Å²) >= 11 is 0. The SMILES string of the molecule is C=C1C[C@H](CCCO)OC1CC[C@H]1C[C@@H](C)C(=C)C(CC2O[C@H](C[C@H](C)CC)[C@H](C)[C@H]2CS(=O)(=O)c2ccccc2)O1.C=C1C[C@H](CCCOC(=O)C(C)(C)C)OC1CCC(O)C[C@@H](C)C(=C)[C@H](C)CC1O[C@H](C[C@H](C)CC)[C@H](C)[C@H]1CS(=O)(=O)c1ccccc1.CC1CCCO1. The van der Waals surface area contributed by atoms with Crippen LogP contribution >= 0.6 is 0 Å². The maximum Gasteiger partial charge on any atom is 0.311 e. The van der Waals surface area contributed by atoms with Crippen molar-refractivity contribution >= 4 is 25.6 Å². The number of rotatable bonds is 33. The largest absolute Gasteiger partial charge is 0.465 e. The number of aliphatic hydroxyl groups is 2. The monoisotopic (exact) mass is 1390 g/mol. The van der Waals surface area contributed by atoms with Crippen molar-refractivity contribution in [3.05, 3.63) is 109 Å². The topological polar surface area (TPSA) is 190 Å². The van der Waals surface area contributed by atoms with E-state index in [4.69, 9.17) is 38.3 Å². The Bertz CT molecular complexity index is 2960. The lowest BCUT2D eigenvalue weighted by atomic mass is 9.80. The van der Waals surface area contributed by atoms with Crippen molar-refractivity contribution < 1.29 is 65.0 Å². The Morgan fingerprint density at radius 1 is 0.639 bits per heavy atom. The zero-order valence-corrected chi connectivity index (χ0v) is 63.6. The van der Waals surface area contributed by atoms with Crippen LogP contribution in [0.5, 0.6) is 0 Å². The summed E-state index contributed by atoms with van der Waals surface area (Å²) in [6.07, 6.45) is 17.2. The van der Waals surface area contributed by atoms with Gasteiger partial charge in [-0.2, -0.15) is 0 Å². The molecule has 0 bridgehead atoms. The highest BCUT2D eigenvalue weighted by molar-refractivity contribution is 7.91. The molecule has 14 nitrogen and oxygen atoms in total. The minimum Gasteiger partial charge on any atom is -0.465 e. The number of aliphatic hydroxyl groups excluding tert-OH is 2. The molecule has 21 atom stereocenters. The lowest BCUT2D eigenvalue weighted by molar-refractivity contribution is -0.153. The minimum absolute atomic E-state index is 0.0359. The van der Waals surface area contributed by atoms with E-state index in [9.17, 15) is 26.7 Å². The van der Waals surface area contributed by atoms with Crippen LogP contribution < -0.4 is 0 Å². The summed E-state index contributed by atoms with van der Waals surface area (Å²) in [6.45, 7) is 46.3. The minimum atomic E-state index is -3.46. The van der Waals surface area contributed by atoms with E-state index in [-0.39, 0.29) is 121 Å². The second-order valence-corrected chi connectivity index (χ2v) is 35.5. The second kappa shape index (κ2) is 39.2. The standard InChI is InChI=1S/C41H66O7S.C35H54O6S.C5H10O/c1-11-27(2)22-38-32(7)36(26-49(44,45)35-17-13-12-14-18-35)39(48-38)25-29(4)31(6)28(3)23-33(42)19-20-37-30(5)24-34(47-37)16-15-21-46-40(43)41(8,9)10;1-7-23(2)18-33-27(6)31(22-42(37,38)30-13-9-8-10-14-30)35(41-33)21-34-26(5)24(3)19-29(40-34)15-16-32-25(4)20-28(39-32)12-11-17-36;1-5-3-2-4-6-5/h12-14,17-18,27-29,32-34,36-39,42H,5-6,11,15-16,19-26H2,1-4,7-10H3;8-10,13-14,23-24,27-29,31-36H,4-5,7,11-12,15-22H2,1-3,6H3;5H,2-4H2,1H3/t27-,28-,29-,32-,33?,34+,36-,37?,38-,39?;23-,24-,27-,28+,29+,31-,32?,33-,34?,35?;/m11./s1. The van der Waals surface area contributed by atoms with Crippen LogP contribution in [-0.2, 0) is 57.6 Å². The Balaban J connectivity index is 0.000000284. The third-order valence-corrected chi connectivity index (χ3v) is 25.9. The zero-order valence-electron chi connectivity index (χ0n) is 62.0. The van der Waals surface area contributed by atoms with Crippen LogP contribution in [-0.4, -0.2) is 138 Å². The molecular weight excluding hydrogens is 1260 g/mol. The molecule has 2 aromatic carbocycles. The van der Waals surface area contributed by atoms with E-state index in [1.165, 1.54) is 12.8 Å². The number of ether oxygens (including phenoxy) is 7. The van der Waals surface area contributed by atoms with Crippen LogP contribution in [0.25, 0.3) is 0 Å². The summed E-state index contributed by atoms with van der Waals surface area (Å²) in [7, 11) is -6.92. The van der Waals surface area contributed by atoms with Gasteiger partial charge in [0.05, 0.1) is 107 Å². The van der Waals surface area contributed by atoms with Crippen molar-refractivity contribution in [1.29, 1.82) is 0 Å². The average molecular weight is 1390 g/mol. The number of hydrogen-bond acceptors (Lipinski definition) is 14. The van der Waals surface area contributed by atoms with E-state index in [0.717, 1.165) is 112 Å². The average Bonchev–Trinajstić information content (AvgIpc) is 1.68. The molecule has 7 unspecified atom stereocenters. The number of carbonyl (C=O) groups excluding carboxylic acids is 1. The van der Waals surface area contributed by atoms with Gasteiger partial charge in [0.25, 0.3) is 0 Å². The van der Waals surface area contributed by atoms with Crippen molar-refractivity contribution in [3.63, 3.8) is 0 Å². The summed E-state index contributed by atoms with van der Waals surface area (Å²) in [6, 6.07) is 17.6. The van der Waals surface area contributed by atoms with Gasteiger partial charge in [0.2, 0.25) is 0 Å². The molecule has 0 spiro atoms. The first-order valence-electron chi connectivity index (χ1n) is 37.5. The predicted octanol–water partition coefficient (Wildman–Crippen LogP) is 16.9. The molecule has 16 heteroatoms. The molecule has 97 heavy (non-hydrogen) atoms. The molecular formula is C81H130O14S2. The number of sulfone groups is 2.